The molecule has 0 heterocycles. The van der Waals surface area contributed by atoms with Gasteiger partial charge in [-0.15, -0.1) is 0 Å². The molecule has 10 heteroatoms. The van der Waals surface area contributed by atoms with Crippen LogP contribution in [0, 0.1) is 13.8 Å². The van der Waals surface area contributed by atoms with E-state index in [1.54, 1.807) is 49.4 Å². The van der Waals surface area contributed by atoms with Crippen molar-refractivity contribution in [3.63, 3.8) is 0 Å². The molecule has 0 aliphatic heterocycles. The van der Waals surface area contributed by atoms with E-state index in [4.69, 9.17) is 11.6 Å². The summed E-state index contributed by atoms with van der Waals surface area (Å²) in [6.07, 6.45) is 1.59. The zero-order chi connectivity index (χ0) is 25.8. The van der Waals surface area contributed by atoms with E-state index in [1.807, 2.05) is 6.92 Å². The highest BCUT2D eigenvalue weighted by molar-refractivity contribution is 7.93. The summed E-state index contributed by atoms with van der Waals surface area (Å²) in [5.41, 5.74) is 2.62. The Morgan fingerprint density at radius 3 is 2.09 bits per heavy atom. The molecule has 0 fully saturated rings. The largest absolute Gasteiger partial charge is 0.354 e. The Labute approximate surface area is 211 Å². The highest BCUT2D eigenvalue weighted by Crippen LogP contribution is 2.30. The van der Waals surface area contributed by atoms with Crippen molar-refractivity contribution in [2.45, 2.75) is 30.1 Å². The van der Waals surface area contributed by atoms with E-state index in [1.165, 1.54) is 24.3 Å². The number of sulfonamides is 1. The Bertz CT molecular complexity index is 1420. The molecule has 0 aliphatic carbocycles. The number of amides is 1. The maximum Gasteiger partial charge on any atom is 0.264 e. The number of hydrogen-bond donors (Lipinski definition) is 1. The van der Waals surface area contributed by atoms with E-state index in [9.17, 15) is 21.6 Å². The maximum atomic E-state index is 13.5. The molecule has 7 nitrogen and oxygen atoms in total. The van der Waals surface area contributed by atoms with E-state index < -0.39 is 32.3 Å². The first kappa shape index (κ1) is 26.7. The number of rotatable bonds is 9. The van der Waals surface area contributed by atoms with Crippen LogP contribution in [0.15, 0.2) is 76.5 Å². The van der Waals surface area contributed by atoms with Crippen molar-refractivity contribution in [2.75, 3.05) is 23.7 Å². The number of nitrogens with one attached hydrogen (secondary N) is 1. The smallest absolute Gasteiger partial charge is 0.264 e. The van der Waals surface area contributed by atoms with Gasteiger partial charge in [-0.05, 0) is 67.8 Å². The molecule has 35 heavy (non-hydrogen) atoms. The Balaban J connectivity index is 1.78. The average molecular weight is 535 g/mol. The maximum absolute atomic E-state index is 13.5. The summed E-state index contributed by atoms with van der Waals surface area (Å²) in [4.78, 5) is 13.1. The highest BCUT2D eigenvalue weighted by atomic mass is 35.5. The van der Waals surface area contributed by atoms with Crippen LogP contribution < -0.4 is 9.62 Å². The van der Waals surface area contributed by atoms with E-state index in [0.717, 1.165) is 21.7 Å². The number of sulfone groups is 1. The molecular formula is C25H27ClN2O5S2. The van der Waals surface area contributed by atoms with Gasteiger partial charge in [-0.25, -0.2) is 16.8 Å². The van der Waals surface area contributed by atoms with Crippen LogP contribution in [0.3, 0.4) is 0 Å². The Hall–Kier alpha value is -2.88. The Kier molecular flexibility index (Phi) is 8.25. The second-order valence-electron chi connectivity index (χ2n) is 8.22. The second-order valence-corrected chi connectivity index (χ2v) is 12.5. The van der Waals surface area contributed by atoms with Crippen LogP contribution in [0.2, 0.25) is 5.02 Å². The summed E-state index contributed by atoms with van der Waals surface area (Å²) in [7, 11) is -7.33. The molecule has 186 valence electrons. The first-order valence-corrected chi connectivity index (χ1v) is 14.5. The number of anilines is 1. The van der Waals surface area contributed by atoms with E-state index in [-0.39, 0.29) is 16.3 Å². The number of aryl methyl sites for hydroxylation is 1. The number of halogens is 1. The fraction of sp³-hybridized carbons (Fsp3) is 0.240. The summed E-state index contributed by atoms with van der Waals surface area (Å²) in [6, 6.07) is 17.7. The van der Waals surface area contributed by atoms with Gasteiger partial charge < -0.3 is 5.32 Å². The molecule has 0 radical (unpaired) electrons. The van der Waals surface area contributed by atoms with E-state index >= 15 is 0 Å². The van der Waals surface area contributed by atoms with Crippen LogP contribution in [-0.4, -0.2) is 42.1 Å². The summed E-state index contributed by atoms with van der Waals surface area (Å²) < 4.78 is 51.3. The summed E-state index contributed by atoms with van der Waals surface area (Å²) in [5, 5.41) is 3.14. The molecule has 0 spiro atoms. The van der Waals surface area contributed by atoms with Crippen molar-refractivity contribution in [3.05, 3.63) is 88.4 Å². The fourth-order valence-electron chi connectivity index (χ4n) is 3.44. The minimum absolute atomic E-state index is 0.0706. The van der Waals surface area contributed by atoms with Crippen LogP contribution in [0.1, 0.15) is 16.7 Å². The van der Waals surface area contributed by atoms with E-state index in [0.29, 0.717) is 22.7 Å². The molecule has 0 unspecified atom stereocenters. The SMILES string of the molecule is Cc1ccc(S(=O)(=O)N(CC(=O)NCCc2ccc(S(C)(=O)=O)cc2)c2cccc(Cl)c2C)cc1. The molecule has 3 aromatic carbocycles. The molecule has 1 N–H and O–H groups in total. The third-order valence-electron chi connectivity index (χ3n) is 5.49. The standard InChI is InChI=1S/C25H27ClN2O5S2/c1-18-7-11-22(12-8-18)35(32,33)28(24-6-4-5-23(26)19(24)2)17-25(29)27-16-15-20-9-13-21(14-10-20)34(3,30)31/h4-14H,15-17H2,1-3H3,(H,27,29). The van der Waals surface area contributed by atoms with Crippen molar-refractivity contribution in [2.24, 2.45) is 0 Å². The molecule has 3 rings (SSSR count). The predicted octanol–water partition coefficient (Wildman–Crippen LogP) is 3.91. The summed E-state index contributed by atoms with van der Waals surface area (Å²) in [6.45, 7) is 3.39. The lowest BCUT2D eigenvalue weighted by molar-refractivity contribution is -0.119. The van der Waals surface area contributed by atoms with Crippen molar-refractivity contribution < 1.29 is 21.6 Å². The average Bonchev–Trinajstić information content (AvgIpc) is 2.79. The summed E-state index contributed by atoms with van der Waals surface area (Å²) >= 11 is 6.24. The van der Waals surface area contributed by atoms with E-state index in [2.05, 4.69) is 5.32 Å². The monoisotopic (exact) mass is 534 g/mol. The van der Waals surface area contributed by atoms with Crippen LogP contribution >= 0.6 is 11.6 Å². The van der Waals surface area contributed by atoms with Crippen molar-refractivity contribution in [1.82, 2.24) is 5.32 Å². The molecular weight excluding hydrogens is 508 g/mol. The fourth-order valence-corrected chi connectivity index (χ4v) is 5.72. The zero-order valence-corrected chi connectivity index (χ0v) is 22.0. The van der Waals surface area contributed by atoms with Crippen molar-refractivity contribution >= 4 is 43.1 Å². The predicted molar refractivity (Wildman–Crippen MR) is 138 cm³/mol. The zero-order valence-electron chi connectivity index (χ0n) is 19.7. The van der Waals surface area contributed by atoms with Crippen LogP contribution in [0.4, 0.5) is 5.69 Å². The third kappa shape index (κ3) is 6.62. The lowest BCUT2D eigenvalue weighted by Crippen LogP contribution is -2.41. The highest BCUT2D eigenvalue weighted by Gasteiger charge is 2.28. The number of hydrogen-bond acceptors (Lipinski definition) is 5. The molecule has 0 bridgehead atoms. The number of benzene rings is 3. The van der Waals surface area contributed by atoms with Gasteiger partial charge in [-0.2, -0.15) is 0 Å². The summed E-state index contributed by atoms with van der Waals surface area (Å²) in [5.74, 6) is -0.479. The van der Waals surface area contributed by atoms with Gasteiger partial charge in [0.25, 0.3) is 10.0 Å². The second kappa shape index (κ2) is 10.8. The van der Waals surface area contributed by atoms with Gasteiger partial charge >= 0.3 is 0 Å². The van der Waals surface area contributed by atoms with Gasteiger partial charge in [-0.3, -0.25) is 9.10 Å². The number of nitrogens with zero attached hydrogens (tertiary/aromatic N) is 1. The van der Waals surface area contributed by atoms with Crippen molar-refractivity contribution in [3.8, 4) is 0 Å². The van der Waals surface area contributed by atoms with Gasteiger partial charge in [0.1, 0.15) is 6.54 Å². The molecule has 0 saturated heterocycles. The minimum Gasteiger partial charge on any atom is -0.354 e. The van der Waals surface area contributed by atoms with Gasteiger partial charge in [0, 0.05) is 17.8 Å². The topological polar surface area (TPSA) is 101 Å². The molecule has 3 aromatic rings. The van der Waals surface area contributed by atoms with Gasteiger partial charge in [0.2, 0.25) is 5.91 Å². The molecule has 1 amide bonds. The Morgan fingerprint density at radius 2 is 1.49 bits per heavy atom. The van der Waals surface area contributed by atoms with Gasteiger partial charge in [-0.1, -0.05) is 47.5 Å². The molecule has 0 atom stereocenters. The first-order valence-electron chi connectivity index (χ1n) is 10.8. The Morgan fingerprint density at radius 1 is 0.886 bits per heavy atom. The third-order valence-corrected chi connectivity index (χ3v) is 8.80. The molecule has 0 aromatic heterocycles. The van der Waals surface area contributed by atoms with Gasteiger partial charge in [0.05, 0.1) is 15.5 Å². The first-order chi connectivity index (χ1) is 16.4. The van der Waals surface area contributed by atoms with Crippen LogP contribution in [-0.2, 0) is 31.1 Å². The number of carbonyl (C=O) groups excluding carboxylic acids is 1. The minimum atomic E-state index is -4.04. The van der Waals surface area contributed by atoms with Gasteiger partial charge in [0.15, 0.2) is 9.84 Å². The lowest BCUT2D eigenvalue weighted by Gasteiger charge is -2.26. The quantitative estimate of drug-likeness (QED) is 0.448. The lowest BCUT2D eigenvalue weighted by atomic mass is 10.1. The molecule has 0 saturated carbocycles. The molecule has 0 aliphatic rings. The normalized spacial score (nSPS) is 11.8. The van der Waals surface area contributed by atoms with Crippen LogP contribution in [0.5, 0.6) is 0 Å². The number of carbonyl (C=O) groups is 1. The van der Waals surface area contributed by atoms with Crippen molar-refractivity contribution in [1.29, 1.82) is 0 Å². The van der Waals surface area contributed by atoms with Crippen LogP contribution in [0.25, 0.3) is 0 Å².